The van der Waals surface area contributed by atoms with Crippen molar-refractivity contribution in [2.24, 2.45) is 11.1 Å². The van der Waals surface area contributed by atoms with E-state index in [4.69, 9.17) is 19.0 Å². The molecule has 0 spiro atoms. The van der Waals surface area contributed by atoms with E-state index in [1.807, 2.05) is 19.9 Å². The van der Waals surface area contributed by atoms with E-state index in [1.54, 1.807) is 32.0 Å². The Hall–Kier alpha value is -3.28. The van der Waals surface area contributed by atoms with Gasteiger partial charge < -0.3 is 24.4 Å². The Bertz CT molecular complexity index is 814. The standard InChI is InChI=1S/C19H23N3O6/c1-12(2)19(4,10-20)21-17(23)8-25-18(24)9-28-22-13(3)14-5-6-15-16(7-14)27-11-26-15/h5-7,12H,8-9,11H2,1-4H3,(H,21,23). The Labute approximate surface area is 163 Å². The molecule has 28 heavy (non-hydrogen) atoms. The van der Waals surface area contributed by atoms with E-state index >= 15 is 0 Å². The summed E-state index contributed by atoms with van der Waals surface area (Å²) in [5.74, 6) is -0.145. The smallest absolute Gasteiger partial charge is 0.347 e. The van der Waals surface area contributed by atoms with Crippen LogP contribution in [0.2, 0.25) is 0 Å². The maximum atomic E-state index is 11.9. The summed E-state index contributed by atoms with van der Waals surface area (Å²) in [5.41, 5.74) is 0.249. The van der Waals surface area contributed by atoms with E-state index in [2.05, 4.69) is 10.5 Å². The lowest BCUT2D eigenvalue weighted by Gasteiger charge is -2.27. The Morgan fingerprint density at radius 3 is 2.71 bits per heavy atom. The van der Waals surface area contributed by atoms with Crippen molar-refractivity contribution >= 4 is 17.6 Å². The van der Waals surface area contributed by atoms with Crippen molar-refractivity contribution in [2.45, 2.75) is 33.2 Å². The predicted molar refractivity (Wildman–Crippen MR) is 98.7 cm³/mol. The zero-order chi connectivity index (χ0) is 20.7. The fourth-order valence-corrected chi connectivity index (χ4v) is 2.17. The van der Waals surface area contributed by atoms with Crippen molar-refractivity contribution in [3.05, 3.63) is 23.8 Å². The summed E-state index contributed by atoms with van der Waals surface area (Å²) in [6.45, 7) is 6.16. The fraction of sp³-hybridized carbons (Fsp3) is 0.474. The van der Waals surface area contributed by atoms with Gasteiger partial charge in [0.15, 0.2) is 18.1 Å². The van der Waals surface area contributed by atoms with Gasteiger partial charge in [-0.05, 0) is 38.0 Å². The van der Waals surface area contributed by atoms with Crippen molar-refractivity contribution in [3.8, 4) is 17.6 Å². The molecule has 1 aromatic rings. The van der Waals surface area contributed by atoms with E-state index in [1.165, 1.54) is 0 Å². The number of carbonyl (C=O) groups is 2. The van der Waals surface area contributed by atoms with Gasteiger partial charge >= 0.3 is 5.97 Å². The number of amides is 1. The normalized spacial score (nSPS) is 14.8. The second-order valence-electron chi connectivity index (χ2n) is 6.70. The maximum absolute atomic E-state index is 11.9. The first-order valence-electron chi connectivity index (χ1n) is 8.69. The van der Waals surface area contributed by atoms with Gasteiger partial charge in [0.05, 0.1) is 11.8 Å². The first-order valence-corrected chi connectivity index (χ1v) is 8.69. The summed E-state index contributed by atoms with van der Waals surface area (Å²) < 4.78 is 15.4. The molecule has 9 nitrogen and oxygen atoms in total. The lowest BCUT2D eigenvalue weighted by atomic mass is 9.90. The monoisotopic (exact) mass is 389 g/mol. The topological polar surface area (TPSA) is 119 Å². The molecule has 1 aliphatic heterocycles. The van der Waals surface area contributed by atoms with Crippen LogP contribution in [0.1, 0.15) is 33.3 Å². The van der Waals surface area contributed by atoms with Gasteiger partial charge in [-0.1, -0.05) is 19.0 Å². The molecule has 0 radical (unpaired) electrons. The third-order valence-electron chi connectivity index (χ3n) is 4.32. The number of hydrogen-bond acceptors (Lipinski definition) is 8. The Morgan fingerprint density at radius 1 is 1.32 bits per heavy atom. The molecular formula is C19H23N3O6. The second kappa shape index (κ2) is 9.08. The molecule has 0 saturated heterocycles. The largest absolute Gasteiger partial charge is 0.454 e. The highest BCUT2D eigenvalue weighted by Crippen LogP contribution is 2.32. The Balaban J connectivity index is 1.77. The summed E-state index contributed by atoms with van der Waals surface area (Å²) in [6, 6.07) is 7.35. The summed E-state index contributed by atoms with van der Waals surface area (Å²) in [5, 5.41) is 15.6. The molecule has 0 bridgehead atoms. The molecule has 1 unspecified atom stereocenters. The number of nitriles is 1. The average Bonchev–Trinajstić information content (AvgIpc) is 3.13. The third-order valence-corrected chi connectivity index (χ3v) is 4.32. The van der Waals surface area contributed by atoms with Crippen molar-refractivity contribution in [1.82, 2.24) is 5.32 Å². The van der Waals surface area contributed by atoms with E-state index in [-0.39, 0.29) is 12.7 Å². The number of carbonyl (C=O) groups excluding carboxylic acids is 2. The molecule has 1 aromatic carbocycles. The van der Waals surface area contributed by atoms with Crippen molar-refractivity contribution in [2.75, 3.05) is 20.0 Å². The Kier molecular flexibility index (Phi) is 6.82. The Morgan fingerprint density at radius 2 is 2.04 bits per heavy atom. The molecule has 0 aliphatic carbocycles. The molecule has 1 amide bonds. The van der Waals surface area contributed by atoms with Gasteiger partial charge in [-0.15, -0.1) is 0 Å². The SMILES string of the molecule is CC(=NOCC(=O)OCC(=O)NC(C)(C#N)C(C)C)c1ccc2c(c1)OCO2. The minimum absolute atomic E-state index is 0.103. The molecule has 1 N–H and O–H groups in total. The van der Waals surface area contributed by atoms with Gasteiger partial charge in [-0.25, -0.2) is 4.79 Å². The highest BCUT2D eigenvalue weighted by molar-refractivity contribution is 5.99. The molecule has 0 saturated carbocycles. The number of benzene rings is 1. The highest BCUT2D eigenvalue weighted by atomic mass is 16.7. The van der Waals surface area contributed by atoms with Crippen LogP contribution in [0, 0.1) is 17.2 Å². The van der Waals surface area contributed by atoms with Crippen molar-refractivity contribution in [1.29, 1.82) is 5.26 Å². The van der Waals surface area contributed by atoms with Gasteiger partial charge in [0.2, 0.25) is 13.4 Å². The van der Waals surface area contributed by atoms with Crippen LogP contribution in [-0.4, -0.2) is 43.1 Å². The third kappa shape index (κ3) is 5.36. The number of nitrogens with one attached hydrogen (secondary N) is 1. The number of oxime groups is 1. The average molecular weight is 389 g/mol. The molecule has 2 rings (SSSR count). The van der Waals surface area contributed by atoms with E-state index in [0.717, 1.165) is 5.56 Å². The van der Waals surface area contributed by atoms with E-state index in [0.29, 0.717) is 17.2 Å². The van der Waals surface area contributed by atoms with Gasteiger partial charge in [0.1, 0.15) is 5.54 Å². The minimum Gasteiger partial charge on any atom is -0.454 e. The summed E-state index contributed by atoms with van der Waals surface area (Å²) in [4.78, 5) is 28.5. The van der Waals surface area contributed by atoms with Gasteiger partial charge in [-0.2, -0.15) is 5.26 Å². The van der Waals surface area contributed by atoms with E-state index in [9.17, 15) is 14.9 Å². The number of hydrogen-bond donors (Lipinski definition) is 1. The fourth-order valence-electron chi connectivity index (χ4n) is 2.17. The quantitative estimate of drug-likeness (QED) is 0.409. The molecule has 0 aromatic heterocycles. The summed E-state index contributed by atoms with van der Waals surface area (Å²) >= 11 is 0. The van der Waals surface area contributed by atoms with Gasteiger partial charge in [0, 0.05) is 5.56 Å². The number of fused-ring (bicyclic) bond motifs is 1. The molecule has 150 valence electrons. The summed E-state index contributed by atoms with van der Waals surface area (Å²) in [6.07, 6.45) is 0. The van der Waals surface area contributed by atoms with Crippen LogP contribution >= 0.6 is 0 Å². The molecule has 9 heteroatoms. The predicted octanol–water partition coefficient (Wildman–Crippen LogP) is 1.75. The number of ether oxygens (including phenoxy) is 3. The molecular weight excluding hydrogens is 366 g/mol. The number of nitrogens with zero attached hydrogens (tertiary/aromatic N) is 2. The second-order valence-corrected chi connectivity index (χ2v) is 6.70. The van der Waals surface area contributed by atoms with Crippen LogP contribution in [0.4, 0.5) is 0 Å². The lowest BCUT2D eigenvalue weighted by molar-refractivity contribution is -0.153. The lowest BCUT2D eigenvalue weighted by Crippen LogP contribution is -2.50. The van der Waals surface area contributed by atoms with Gasteiger partial charge in [-0.3, -0.25) is 4.79 Å². The first-order chi connectivity index (χ1) is 13.2. The van der Waals surface area contributed by atoms with Crippen LogP contribution in [0.15, 0.2) is 23.4 Å². The van der Waals surface area contributed by atoms with E-state index < -0.39 is 30.6 Å². The molecule has 1 aliphatic rings. The van der Waals surface area contributed by atoms with Crippen LogP contribution in [0.5, 0.6) is 11.5 Å². The van der Waals surface area contributed by atoms with Crippen LogP contribution in [-0.2, 0) is 19.2 Å². The number of rotatable bonds is 8. The van der Waals surface area contributed by atoms with Crippen molar-refractivity contribution < 1.29 is 28.6 Å². The van der Waals surface area contributed by atoms with Crippen LogP contribution < -0.4 is 14.8 Å². The highest BCUT2D eigenvalue weighted by Gasteiger charge is 2.30. The summed E-state index contributed by atoms with van der Waals surface area (Å²) in [7, 11) is 0. The van der Waals surface area contributed by atoms with Crippen LogP contribution in [0.3, 0.4) is 0 Å². The molecule has 1 atom stereocenters. The zero-order valence-corrected chi connectivity index (χ0v) is 16.3. The number of esters is 1. The minimum atomic E-state index is -1.04. The molecule has 0 fully saturated rings. The van der Waals surface area contributed by atoms with Crippen LogP contribution in [0.25, 0.3) is 0 Å². The van der Waals surface area contributed by atoms with Gasteiger partial charge in [0.25, 0.3) is 5.91 Å². The first kappa shape index (κ1) is 21.0. The van der Waals surface area contributed by atoms with Crippen molar-refractivity contribution in [3.63, 3.8) is 0 Å². The molecule has 1 heterocycles. The maximum Gasteiger partial charge on any atom is 0.347 e. The zero-order valence-electron chi connectivity index (χ0n) is 16.3.